The molecule has 0 saturated heterocycles. The minimum atomic E-state index is -1.19. The summed E-state index contributed by atoms with van der Waals surface area (Å²) in [6.07, 6.45) is 0. The van der Waals surface area contributed by atoms with Crippen molar-refractivity contribution in [3.05, 3.63) is 24.3 Å². The quantitative estimate of drug-likeness (QED) is 0.462. The smallest absolute Gasteiger partial charge is 0.545 e. The second kappa shape index (κ2) is 9.43. The minimum absolute atomic E-state index is 0. The van der Waals surface area contributed by atoms with Gasteiger partial charge in [0.15, 0.2) is 0 Å². The molecule has 0 aromatic heterocycles. The molecule has 5 heteroatoms. The number of rotatable bonds is 2. The molecule has 0 N–H and O–H groups in total. The van der Waals surface area contributed by atoms with Crippen molar-refractivity contribution in [1.29, 1.82) is 0 Å². The van der Waals surface area contributed by atoms with E-state index in [0.717, 1.165) is 0 Å². The molecule has 0 aliphatic rings. The molecule has 68 valence electrons. The third-order valence-electron chi connectivity index (χ3n) is 0.697. The van der Waals surface area contributed by atoms with Gasteiger partial charge in [-0.05, 0) is 25.0 Å². The van der Waals surface area contributed by atoms with Crippen LogP contribution in [0.3, 0.4) is 0 Å². The summed E-state index contributed by atoms with van der Waals surface area (Å²) < 4.78 is 0. The first kappa shape index (κ1) is 18.2. The SMILES string of the molecule is C=C(C)C(=O)[O-].C=C(C)C(=O)[O-].[Cd+2]. The molecule has 0 aliphatic carbocycles. The van der Waals surface area contributed by atoms with E-state index in [1.165, 1.54) is 13.8 Å². The molecule has 0 heterocycles. The van der Waals surface area contributed by atoms with Crippen molar-refractivity contribution in [2.75, 3.05) is 0 Å². The molecule has 0 aliphatic heterocycles. The first-order chi connectivity index (χ1) is 5.29. The standard InChI is InChI=1S/2C4H6O2.Cd/c2*1-3(2)4(5)6;/h2*1H2,2H3,(H,5,6);/q;;+2/p-2. The number of hydrogen-bond donors (Lipinski definition) is 0. The van der Waals surface area contributed by atoms with Gasteiger partial charge >= 0.3 is 27.3 Å². The summed E-state index contributed by atoms with van der Waals surface area (Å²) in [6.45, 7) is 8.95. The third kappa shape index (κ3) is 18.4. The molecule has 0 aromatic carbocycles. The normalized spacial score (nSPS) is 6.92. The number of aliphatic carboxylic acids is 2. The second-order valence-corrected chi connectivity index (χ2v) is 2.14. The van der Waals surface area contributed by atoms with Crippen LogP contribution in [0.15, 0.2) is 24.3 Å². The average molecular weight is 283 g/mol. The Balaban J connectivity index is -0.000000143. The zero-order valence-corrected chi connectivity index (χ0v) is 11.8. The molecule has 0 fully saturated rings. The van der Waals surface area contributed by atoms with Gasteiger partial charge in [-0.1, -0.05) is 13.2 Å². The fourth-order valence-corrected chi connectivity index (χ4v) is 0. The zero-order valence-electron chi connectivity index (χ0n) is 7.75. The molecule has 13 heavy (non-hydrogen) atoms. The van der Waals surface area contributed by atoms with Crippen LogP contribution in [-0.4, -0.2) is 11.9 Å². The van der Waals surface area contributed by atoms with Gasteiger partial charge in [0.1, 0.15) is 0 Å². The molecule has 0 spiro atoms. The molecule has 0 bridgehead atoms. The predicted octanol–water partition coefficient (Wildman–Crippen LogP) is -1.38. The molecular weight excluding hydrogens is 272 g/mol. The largest absolute Gasteiger partial charge is 2.00 e. The number of carboxylic acid groups (broad SMARTS) is 2. The Morgan fingerprint density at radius 3 is 1.00 bits per heavy atom. The van der Waals surface area contributed by atoms with Crippen LogP contribution in [0.2, 0.25) is 0 Å². The van der Waals surface area contributed by atoms with Crippen LogP contribution in [0.1, 0.15) is 13.8 Å². The fraction of sp³-hybridized carbons (Fsp3) is 0.250. The summed E-state index contributed by atoms with van der Waals surface area (Å²) in [5.41, 5.74) is 0.130. The maximum absolute atomic E-state index is 9.49. The van der Waals surface area contributed by atoms with E-state index >= 15 is 0 Å². The van der Waals surface area contributed by atoms with Crippen molar-refractivity contribution < 1.29 is 47.1 Å². The van der Waals surface area contributed by atoms with Gasteiger partial charge in [-0.25, -0.2) is 0 Å². The third-order valence-corrected chi connectivity index (χ3v) is 0.697. The summed E-state index contributed by atoms with van der Waals surface area (Å²) in [5.74, 6) is -2.37. The van der Waals surface area contributed by atoms with E-state index in [4.69, 9.17) is 0 Å². The fourth-order valence-electron chi connectivity index (χ4n) is 0. The molecule has 0 aromatic rings. The van der Waals surface area contributed by atoms with Gasteiger partial charge in [-0.3, -0.25) is 0 Å². The van der Waals surface area contributed by atoms with Gasteiger partial charge in [-0.2, -0.15) is 0 Å². The molecule has 0 rings (SSSR count). The van der Waals surface area contributed by atoms with Crippen LogP contribution in [0.25, 0.3) is 0 Å². The molecule has 0 radical (unpaired) electrons. The first-order valence-corrected chi connectivity index (χ1v) is 3.02. The van der Waals surface area contributed by atoms with E-state index in [0.29, 0.717) is 0 Å². The summed E-state index contributed by atoms with van der Waals surface area (Å²) >= 11 is 0. The van der Waals surface area contributed by atoms with E-state index in [1.54, 1.807) is 0 Å². The summed E-state index contributed by atoms with van der Waals surface area (Å²) in [4.78, 5) is 19.0. The monoisotopic (exact) mass is 284 g/mol. The number of carbonyl (C=O) groups is 2. The molecule has 0 unspecified atom stereocenters. The minimum Gasteiger partial charge on any atom is -0.545 e. The topological polar surface area (TPSA) is 80.3 Å². The van der Waals surface area contributed by atoms with Crippen molar-refractivity contribution in [2.24, 2.45) is 0 Å². The Morgan fingerprint density at radius 2 is 1.00 bits per heavy atom. The summed E-state index contributed by atoms with van der Waals surface area (Å²) in [7, 11) is 0. The van der Waals surface area contributed by atoms with Crippen LogP contribution in [0.5, 0.6) is 0 Å². The maximum atomic E-state index is 9.49. The van der Waals surface area contributed by atoms with Crippen LogP contribution in [-0.2, 0) is 36.9 Å². The molecule has 4 nitrogen and oxygen atoms in total. The first-order valence-electron chi connectivity index (χ1n) is 3.02. The number of carboxylic acids is 2. The van der Waals surface area contributed by atoms with E-state index < -0.39 is 11.9 Å². The van der Waals surface area contributed by atoms with E-state index in [9.17, 15) is 19.8 Å². The second-order valence-electron chi connectivity index (χ2n) is 2.14. The van der Waals surface area contributed by atoms with E-state index in [1.807, 2.05) is 0 Å². The van der Waals surface area contributed by atoms with Crippen molar-refractivity contribution in [3.63, 3.8) is 0 Å². The Bertz CT molecular complexity index is 172. The molecule has 0 atom stereocenters. The molecular formula is C8H10CdO4. The summed E-state index contributed by atoms with van der Waals surface area (Å²) in [6, 6.07) is 0. The van der Waals surface area contributed by atoms with Crippen LogP contribution in [0, 0.1) is 0 Å². The van der Waals surface area contributed by atoms with Crippen molar-refractivity contribution in [1.82, 2.24) is 0 Å². The van der Waals surface area contributed by atoms with Gasteiger partial charge in [0.05, 0.1) is 11.9 Å². The van der Waals surface area contributed by atoms with Crippen LogP contribution >= 0.6 is 0 Å². The molecule has 0 saturated carbocycles. The Labute approximate surface area is 97.1 Å². The van der Waals surface area contributed by atoms with Crippen LogP contribution in [0.4, 0.5) is 0 Å². The van der Waals surface area contributed by atoms with Crippen molar-refractivity contribution in [3.8, 4) is 0 Å². The zero-order chi connectivity index (χ0) is 10.3. The van der Waals surface area contributed by atoms with Gasteiger partial charge in [0, 0.05) is 0 Å². The van der Waals surface area contributed by atoms with Gasteiger partial charge in [-0.15, -0.1) is 0 Å². The van der Waals surface area contributed by atoms with Crippen molar-refractivity contribution in [2.45, 2.75) is 13.8 Å². The maximum Gasteiger partial charge on any atom is 2.00 e. The Hall–Kier alpha value is -0.658. The van der Waals surface area contributed by atoms with E-state index in [2.05, 4.69) is 13.2 Å². The van der Waals surface area contributed by atoms with Gasteiger partial charge in [0.2, 0.25) is 0 Å². The number of hydrogen-bond acceptors (Lipinski definition) is 4. The summed E-state index contributed by atoms with van der Waals surface area (Å²) in [5, 5.41) is 19.0. The van der Waals surface area contributed by atoms with Crippen molar-refractivity contribution >= 4 is 11.9 Å². The number of carbonyl (C=O) groups excluding carboxylic acids is 2. The Kier molecular flexibility index (Phi) is 13.2. The van der Waals surface area contributed by atoms with E-state index in [-0.39, 0.29) is 38.4 Å². The van der Waals surface area contributed by atoms with Gasteiger partial charge < -0.3 is 19.8 Å². The van der Waals surface area contributed by atoms with Crippen LogP contribution < -0.4 is 10.2 Å². The molecule has 0 amide bonds. The average Bonchev–Trinajstić information content (AvgIpc) is 1.88. The van der Waals surface area contributed by atoms with Gasteiger partial charge in [0.25, 0.3) is 0 Å². The predicted molar refractivity (Wildman–Crippen MR) is 39.6 cm³/mol. The Morgan fingerprint density at radius 1 is 0.923 bits per heavy atom.